The zero-order chi connectivity index (χ0) is 23.5. The van der Waals surface area contributed by atoms with Gasteiger partial charge in [0.15, 0.2) is 0 Å². The zero-order valence-electron chi connectivity index (χ0n) is 19.7. The Morgan fingerprint density at radius 2 is 1.47 bits per heavy atom. The molecule has 3 heterocycles. The monoisotopic (exact) mass is 477 g/mol. The maximum atomic E-state index is 13.3. The van der Waals surface area contributed by atoms with Crippen LogP contribution in [0.1, 0.15) is 16.1 Å². The lowest BCUT2D eigenvalue weighted by molar-refractivity contribution is 0.0737. The van der Waals surface area contributed by atoms with E-state index in [1.165, 1.54) is 11.3 Å². The summed E-state index contributed by atoms with van der Waals surface area (Å²) in [4.78, 5) is 22.4. The van der Waals surface area contributed by atoms with Gasteiger partial charge in [-0.25, -0.2) is 0 Å². The average Bonchev–Trinajstić information content (AvgIpc) is 3.25. The molecule has 2 fully saturated rings. The van der Waals surface area contributed by atoms with Crippen molar-refractivity contribution in [3.8, 4) is 0 Å². The van der Waals surface area contributed by atoms with Gasteiger partial charge in [-0.05, 0) is 35.9 Å². The summed E-state index contributed by atoms with van der Waals surface area (Å²) in [5.41, 5.74) is 4.31. The molecule has 1 aromatic heterocycles. The summed E-state index contributed by atoms with van der Waals surface area (Å²) >= 11 is 6.38. The first-order valence-corrected chi connectivity index (χ1v) is 12.4. The van der Waals surface area contributed by atoms with Gasteiger partial charge >= 0.3 is 0 Å². The summed E-state index contributed by atoms with van der Waals surface area (Å²) in [7, 11) is 1.98. The molecule has 2 aliphatic heterocycles. The molecule has 3 aromatic rings. The number of piperazine rings is 2. The number of nitrogens with zero attached hydrogens (tertiary/aromatic N) is 5. The van der Waals surface area contributed by atoms with Gasteiger partial charge in [-0.3, -0.25) is 9.69 Å². The van der Waals surface area contributed by atoms with Crippen molar-refractivity contribution in [2.24, 2.45) is 7.05 Å². The van der Waals surface area contributed by atoms with Gasteiger partial charge in [-0.2, -0.15) is 0 Å². The summed E-state index contributed by atoms with van der Waals surface area (Å²) in [6, 6.07) is 20.6. The predicted molar refractivity (Wildman–Crippen MR) is 139 cm³/mol. The molecule has 0 atom stereocenters. The van der Waals surface area contributed by atoms with Gasteiger partial charge in [-0.15, -0.1) is 0 Å². The lowest BCUT2D eigenvalue weighted by Gasteiger charge is -2.36. The van der Waals surface area contributed by atoms with Crippen molar-refractivity contribution in [1.29, 1.82) is 0 Å². The van der Waals surface area contributed by atoms with Crippen molar-refractivity contribution in [3.63, 3.8) is 0 Å². The number of amides is 1. The standard InChI is InChI=1S/C27H32ClN5O/c1-29-20-22(21-30-11-13-32(14-12-30)25-10-6-5-9-24(25)28)19-26(29)27(34)33-17-15-31(16-18-33)23-7-3-2-4-8-23/h2-10,19-20H,11-18,21H2,1H3. The van der Waals surface area contributed by atoms with E-state index in [1.807, 2.05) is 40.8 Å². The van der Waals surface area contributed by atoms with Gasteiger partial charge in [0.1, 0.15) is 5.69 Å². The van der Waals surface area contributed by atoms with Crippen LogP contribution < -0.4 is 9.80 Å². The van der Waals surface area contributed by atoms with Gasteiger partial charge in [0, 0.05) is 77.8 Å². The van der Waals surface area contributed by atoms with Crippen LogP contribution in [0.4, 0.5) is 11.4 Å². The van der Waals surface area contributed by atoms with Crippen molar-refractivity contribution >= 4 is 28.9 Å². The number of hydrogen-bond donors (Lipinski definition) is 0. The Morgan fingerprint density at radius 3 is 2.18 bits per heavy atom. The number of halogens is 1. The van der Waals surface area contributed by atoms with Crippen molar-refractivity contribution in [2.75, 3.05) is 62.2 Å². The maximum Gasteiger partial charge on any atom is 0.270 e. The van der Waals surface area contributed by atoms with Crippen LogP contribution in [0.2, 0.25) is 5.02 Å². The molecule has 0 bridgehead atoms. The number of para-hydroxylation sites is 2. The molecule has 0 N–H and O–H groups in total. The first kappa shape index (κ1) is 22.8. The Hall–Kier alpha value is -2.96. The molecule has 0 aliphatic carbocycles. The highest BCUT2D eigenvalue weighted by Crippen LogP contribution is 2.26. The van der Waals surface area contributed by atoms with Gasteiger partial charge in [0.2, 0.25) is 0 Å². The summed E-state index contributed by atoms with van der Waals surface area (Å²) in [5.74, 6) is 0.130. The van der Waals surface area contributed by atoms with E-state index in [4.69, 9.17) is 11.6 Å². The second-order valence-electron chi connectivity index (χ2n) is 9.17. The first-order valence-electron chi connectivity index (χ1n) is 12.0. The lowest BCUT2D eigenvalue weighted by Crippen LogP contribution is -2.49. The number of anilines is 2. The molecule has 6 nitrogen and oxygen atoms in total. The Kier molecular flexibility index (Phi) is 6.79. The highest BCUT2D eigenvalue weighted by molar-refractivity contribution is 6.33. The third kappa shape index (κ3) is 4.93. The molecular formula is C27H32ClN5O. The number of rotatable bonds is 5. The fraction of sp³-hybridized carbons (Fsp3) is 0.370. The Bertz CT molecular complexity index is 1120. The Labute approximate surface area is 206 Å². The van der Waals surface area contributed by atoms with Crippen LogP contribution in [0.5, 0.6) is 0 Å². The topological polar surface area (TPSA) is 35.0 Å². The first-order chi connectivity index (χ1) is 16.6. The summed E-state index contributed by atoms with van der Waals surface area (Å²) in [6.07, 6.45) is 2.11. The van der Waals surface area contributed by atoms with E-state index in [2.05, 4.69) is 57.3 Å². The molecule has 34 heavy (non-hydrogen) atoms. The van der Waals surface area contributed by atoms with Crippen molar-refractivity contribution in [2.45, 2.75) is 6.54 Å². The number of benzene rings is 2. The molecule has 1 amide bonds. The summed E-state index contributed by atoms with van der Waals surface area (Å²) in [6.45, 7) is 7.94. The Morgan fingerprint density at radius 1 is 0.824 bits per heavy atom. The third-order valence-electron chi connectivity index (χ3n) is 6.94. The fourth-order valence-corrected chi connectivity index (χ4v) is 5.27. The van der Waals surface area contributed by atoms with Gasteiger partial charge in [-0.1, -0.05) is 41.9 Å². The lowest BCUT2D eigenvalue weighted by atomic mass is 10.2. The molecule has 2 aliphatic rings. The molecule has 0 radical (unpaired) electrons. The quantitative estimate of drug-likeness (QED) is 0.557. The minimum absolute atomic E-state index is 0.130. The second kappa shape index (κ2) is 10.1. The number of aromatic nitrogens is 1. The molecule has 0 spiro atoms. The summed E-state index contributed by atoms with van der Waals surface area (Å²) < 4.78 is 1.99. The van der Waals surface area contributed by atoms with E-state index in [1.54, 1.807) is 0 Å². The van der Waals surface area contributed by atoms with E-state index < -0.39 is 0 Å². The normalized spacial score (nSPS) is 17.3. The zero-order valence-corrected chi connectivity index (χ0v) is 20.5. The van der Waals surface area contributed by atoms with Gasteiger partial charge in [0.25, 0.3) is 5.91 Å². The molecule has 7 heteroatoms. The van der Waals surface area contributed by atoms with Gasteiger partial charge < -0.3 is 19.3 Å². The minimum Gasteiger partial charge on any atom is -0.368 e. The average molecular weight is 478 g/mol. The Balaban J connectivity index is 1.16. The van der Waals surface area contributed by atoms with Crippen molar-refractivity contribution in [1.82, 2.24) is 14.4 Å². The van der Waals surface area contributed by atoms with Gasteiger partial charge in [0.05, 0.1) is 10.7 Å². The molecule has 2 aromatic carbocycles. The van der Waals surface area contributed by atoms with E-state index >= 15 is 0 Å². The highest BCUT2D eigenvalue weighted by atomic mass is 35.5. The molecular weight excluding hydrogens is 446 g/mol. The minimum atomic E-state index is 0.130. The van der Waals surface area contributed by atoms with Crippen LogP contribution in [0.15, 0.2) is 66.9 Å². The van der Waals surface area contributed by atoms with Crippen LogP contribution in [0.3, 0.4) is 0 Å². The predicted octanol–water partition coefficient (Wildman–Crippen LogP) is 3.96. The maximum absolute atomic E-state index is 13.3. The number of carbonyl (C=O) groups is 1. The fourth-order valence-electron chi connectivity index (χ4n) is 5.01. The molecule has 0 unspecified atom stereocenters. The number of aryl methyl sites for hydroxylation is 1. The van der Waals surface area contributed by atoms with Crippen molar-refractivity contribution in [3.05, 3.63) is 83.1 Å². The van der Waals surface area contributed by atoms with Crippen molar-refractivity contribution < 1.29 is 4.79 Å². The SMILES string of the molecule is Cn1cc(CN2CCN(c3ccccc3Cl)CC2)cc1C(=O)N1CCN(c2ccccc2)CC1. The van der Waals surface area contributed by atoms with Crippen LogP contribution in [0.25, 0.3) is 0 Å². The van der Waals surface area contributed by atoms with E-state index in [0.29, 0.717) is 0 Å². The molecule has 2 saturated heterocycles. The molecule has 5 rings (SSSR count). The van der Waals surface area contributed by atoms with Crippen LogP contribution >= 0.6 is 11.6 Å². The number of carbonyl (C=O) groups excluding carboxylic acids is 1. The molecule has 0 saturated carbocycles. The molecule has 178 valence electrons. The van der Waals surface area contributed by atoms with E-state index in [9.17, 15) is 4.79 Å². The largest absolute Gasteiger partial charge is 0.368 e. The van der Waals surface area contributed by atoms with Crippen LogP contribution in [0, 0.1) is 0 Å². The van der Waals surface area contributed by atoms with E-state index in [0.717, 1.165) is 75.3 Å². The summed E-state index contributed by atoms with van der Waals surface area (Å²) in [5, 5.41) is 0.812. The highest BCUT2D eigenvalue weighted by Gasteiger charge is 2.25. The third-order valence-corrected chi connectivity index (χ3v) is 7.26. The van der Waals surface area contributed by atoms with Crippen LogP contribution in [-0.2, 0) is 13.6 Å². The smallest absolute Gasteiger partial charge is 0.270 e. The second-order valence-corrected chi connectivity index (χ2v) is 9.58. The van der Waals surface area contributed by atoms with E-state index in [-0.39, 0.29) is 5.91 Å². The van der Waals surface area contributed by atoms with Crippen LogP contribution in [-0.4, -0.2) is 72.6 Å². The number of hydrogen-bond acceptors (Lipinski definition) is 4.